The molecule has 1 unspecified atom stereocenters. The molecule has 0 amide bonds. The van der Waals surface area contributed by atoms with Crippen LogP contribution in [0.1, 0.15) is 31.6 Å². The number of hydrogen-bond acceptors (Lipinski definition) is 3. The van der Waals surface area contributed by atoms with Gasteiger partial charge < -0.3 is 10.1 Å². The number of rotatable bonds is 9. The van der Waals surface area contributed by atoms with Crippen LogP contribution in [0.5, 0.6) is 0 Å². The van der Waals surface area contributed by atoms with Crippen molar-refractivity contribution in [2.45, 2.75) is 39.2 Å². The van der Waals surface area contributed by atoms with Gasteiger partial charge in [-0.2, -0.15) is 0 Å². The Morgan fingerprint density at radius 3 is 3.06 bits per heavy atom. The van der Waals surface area contributed by atoms with Crippen molar-refractivity contribution in [2.24, 2.45) is 0 Å². The van der Waals surface area contributed by atoms with Crippen LogP contribution in [0.25, 0.3) is 0 Å². The zero-order valence-electron chi connectivity index (χ0n) is 10.4. The molecule has 0 radical (unpaired) electrons. The quantitative estimate of drug-likeness (QED) is 0.671. The van der Waals surface area contributed by atoms with E-state index in [9.17, 15) is 0 Å². The van der Waals surface area contributed by atoms with Crippen molar-refractivity contribution in [2.75, 3.05) is 19.7 Å². The molecule has 16 heavy (non-hydrogen) atoms. The van der Waals surface area contributed by atoms with Crippen molar-refractivity contribution in [3.63, 3.8) is 0 Å². The Bertz CT molecular complexity index is 248. The molecule has 0 fully saturated rings. The van der Waals surface area contributed by atoms with E-state index >= 15 is 0 Å². The van der Waals surface area contributed by atoms with Gasteiger partial charge in [0.05, 0.1) is 12.7 Å². The minimum Gasteiger partial charge on any atom is -0.377 e. The van der Waals surface area contributed by atoms with Crippen LogP contribution in [-0.4, -0.2) is 25.8 Å². The van der Waals surface area contributed by atoms with Crippen molar-refractivity contribution in [1.82, 2.24) is 5.32 Å². The lowest BCUT2D eigenvalue weighted by molar-refractivity contribution is 0.0686. The number of unbranched alkanes of at least 4 members (excludes halogenated alkanes) is 1. The number of thiophene rings is 1. The molecule has 1 N–H and O–H groups in total. The lowest BCUT2D eigenvalue weighted by Gasteiger charge is -2.13. The third-order valence-corrected chi connectivity index (χ3v) is 3.41. The summed E-state index contributed by atoms with van der Waals surface area (Å²) in [5.74, 6) is 0. The monoisotopic (exact) mass is 241 g/mol. The van der Waals surface area contributed by atoms with Crippen LogP contribution in [0.3, 0.4) is 0 Å². The molecular weight excluding hydrogens is 218 g/mol. The van der Waals surface area contributed by atoms with Crippen LogP contribution in [0, 0.1) is 0 Å². The second-order valence-corrected chi connectivity index (χ2v) is 5.10. The van der Waals surface area contributed by atoms with Crippen molar-refractivity contribution < 1.29 is 4.74 Å². The normalized spacial score (nSPS) is 12.9. The summed E-state index contributed by atoms with van der Waals surface area (Å²) in [5.41, 5.74) is 0. The summed E-state index contributed by atoms with van der Waals surface area (Å²) in [7, 11) is 0. The zero-order chi connectivity index (χ0) is 11.6. The zero-order valence-corrected chi connectivity index (χ0v) is 11.2. The lowest BCUT2D eigenvalue weighted by atomic mass is 10.3. The Morgan fingerprint density at radius 1 is 1.50 bits per heavy atom. The van der Waals surface area contributed by atoms with Crippen molar-refractivity contribution in [3.05, 3.63) is 22.4 Å². The molecule has 1 atom stereocenters. The highest BCUT2D eigenvalue weighted by Gasteiger charge is 2.01. The third-order valence-electron chi connectivity index (χ3n) is 2.47. The van der Waals surface area contributed by atoms with Gasteiger partial charge in [0.15, 0.2) is 0 Å². The first-order valence-electron chi connectivity index (χ1n) is 6.17. The molecule has 1 aromatic heterocycles. The van der Waals surface area contributed by atoms with E-state index in [0.29, 0.717) is 6.10 Å². The Kier molecular flexibility index (Phi) is 7.47. The van der Waals surface area contributed by atoms with Gasteiger partial charge in [-0.1, -0.05) is 19.4 Å². The highest BCUT2D eigenvalue weighted by atomic mass is 32.1. The van der Waals surface area contributed by atoms with Gasteiger partial charge in [-0.05, 0) is 31.3 Å². The van der Waals surface area contributed by atoms with Crippen molar-refractivity contribution >= 4 is 11.3 Å². The molecule has 92 valence electrons. The standard InChI is InChI=1S/C13H23NOS/c1-3-4-8-14-11-12(2)15-9-7-13-6-5-10-16-13/h5-6,10,12,14H,3-4,7-9,11H2,1-2H3. The van der Waals surface area contributed by atoms with Crippen molar-refractivity contribution in [1.29, 1.82) is 0 Å². The van der Waals surface area contributed by atoms with Gasteiger partial charge >= 0.3 is 0 Å². The first-order chi connectivity index (χ1) is 7.83. The van der Waals surface area contributed by atoms with Crippen LogP contribution in [0.15, 0.2) is 17.5 Å². The summed E-state index contributed by atoms with van der Waals surface area (Å²) >= 11 is 1.80. The fourth-order valence-electron chi connectivity index (χ4n) is 1.48. The molecule has 0 aliphatic carbocycles. The molecule has 0 aliphatic rings. The second-order valence-electron chi connectivity index (χ2n) is 4.07. The number of hydrogen-bond donors (Lipinski definition) is 1. The van der Waals surface area contributed by atoms with Gasteiger partial charge in [-0.25, -0.2) is 0 Å². The average Bonchev–Trinajstić information content (AvgIpc) is 2.77. The fraction of sp³-hybridized carbons (Fsp3) is 0.692. The summed E-state index contributed by atoms with van der Waals surface area (Å²) in [5, 5.41) is 5.52. The van der Waals surface area contributed by atoms with Crippen LogP contribution < -0.4 is 5.32 Å². The number of ether oxygens (including phenoxy) is 1. The van der Waals surface area contributed by atoms with E-state index in [2.05, 4.69) is 36.7 Å². The van der Waals surface area contributed by atoms with Crippen LogP contribution in [-0.2, 0) is 11.2 Å². The highest BCUT2D eigenvalue weighted by Crippen LogP contribution is 2.09. The molecule has 2 nitrogen and oxygen atoms in total. The molecule has 1 aromatic rings. The van der Waals surface area contributed by atoms with E-state index in [4.69, 9.17) is 4.74 Å². The Morgan fingerprint density at radius 2 is 2.38 bits per heavy atom. The average molecular weight is 241 g/mol. The molecule has 0 aromatic carbocycles. The molecule has 1 heterocycles. The van der Waals surface area contributed by atoms with Gasteiger partial charge in [-0.3, -0.25) is 0 Å². The topological polar surface area (TPSA) is 21.3 Å². The van der Waals surface area contributed by atoms with Gasteiger partial charge in [0.2, 0.25) is 0 Å². The maximum atomic E-state index is 5.74. The van der Waals surface area contributed by atoms with E-state index in [1.54, 1.807) is 11.3 Å². The maximum Gasteiger partial charge on any atom is 0.0671 e. The molecule has 0 spiro atoms. The lowest BCUT2D eigenvalue weighted by Crippen LogP contribution is -2.28. The maximum absolute atomic E-state index is 5.74. The van der Waals surface area contributed by atoms with Crippen LogP contribution in [0.4, 0.5) is 0 Å². The van der Waals surface area contributed by atoms with Gasteiger partial charge in [0.25, 0.3) is 0 Å². The molecule has 1 rings (SSSR count). The van der Waals surface area contributed by atoms with Crippen molar-refractivity contribution in [3.8, 4) is 0 Å². The minimum absolute atomic E-state index is 0.316. The van der Waals surface area contributed by atoms with Gasteiger partial charge in [-0.15, -0.1) is 11.3 Å². The van der Waals surface area contributed by atoms with Gasteiger partial charge in [0, 0.05) is 17.8 Å². The van der Waals surface area contributed by atoms with E-state index < -0.39 is 0 Å². The van der Waals surface area contributed by atoms with Crippen LogP contribution >= 0.6 is 11.3 Å². The SMILES string of the molecule is CCCCNCC(C)OCCc1cccs1. The van der Waals surface area contributed by atoms with Gasteiger partial charge in [0.1, 0.15) is 0 Å². The summed E-state index contributed by atoms with van der Waals surface area (Å²) in [6.07, 6.45) is 3.86. The molecule has 0 bridgehead atoms. The largest absolute Gasteiger partial charge is 0.377 e. The summed E-state index contributed by atoms with van der Waals surface area (Å²) in [4.78, 5) is 1.41. The molecule has 3 heteroatoms. The third kappa shape index (κ3) is 6.26. The fourth-order valence-corrected chi connectivity index (χ4v) is 2.17. The smallest absolute Gasteiger partial charge is 0.0671 e. The minimum atomic E-state index is 0.316. The number of nitrogens with one attached hydrogen (secondary N) is 1. The van der Waals surface area contributed by atoms with E-state index in [-0.39, 0.29) is 0 Å². The second kappa shape index (κ2) is 8.74. The Balaban J connectivity index is 1.95. The molecule has 0 aliphatic heterocycles. The molecular formula is C13H23NOS. The predicted molar refractivity (Wildman–Crippen MR) is 71.2 cm³/mol. The first-order valence-corrected chi connectivity index (χ1v) is 7.05. The summed E-state index contributed by atoms with van der Waals surface area (Å²) < 4.78 is 5.74. The van der Waals surface area contributed by atoms with E-state index in [1.807, 2.05) is 0 Å². The summed E-state index contributed by atoms with van der Waals surface area (Å²) in [6, 6.07) is 4.26. The van der Waals surface area contributed by atoms with E-state index in [0.717, 1.165) is 26.1 Å². The van der Waals surface area contributed by atoms with Crippen LogP contribution in [0.2, 0.25) is 0 Å². The summed E-state index contributed by atoms with van der Waals surface area (Å²) in [6.45, 7) is 7.24. The Labute approximate surface area is 103 Å². The molecule has 0 saturated carbocycles. The Hall–Kier alpha value is -0.380. The molecule has 0 saturated heterocycles. The predicted octanol–water partition coefficient (Wildman–Crippen LogP) is 3.09. The van der Waals surface area contributed by atoms with E-state index in [1.165, 1.54) is 17.7 Å². The highest BCUT2D eigenvalue weighted by molar-refractivity contribution is 7.09. The first kappa shape index (κ1) is 13.7.